The molecule has 0 saturated carbocycles. The van der Waals surface area contributed by atoms with Gasteiger partial charge in [-0.15, -0.1) is 0 Å². The highest BCUT2D eigenvalue weighted by Gasteiger charge is 2.22. The summed E-state index contributed by atoms with van der Waals surface area (Å²) < 4.78 is 2.41. The van der Waals surface area contributed by atoms with Gasteiger partial charge in [0.05, 0.1) is 23.2 Å². The summed E-state index contributed by atoms with van der Waals surface area (Å²) in [4.78, 5) is 12.3. The Balaban J connectivity index is 1.29. The number of hydrogen-bond acceptors (Lipinski definition) is 3. The molecule has 3 heterocycles. The van der Waals surface area contributed by atoms with E-state index in [4.69, 9.17) is 6.57 Å². The van der Waals surface area contributed by atoms with Crippen LogP contribution in [0.2, 0.25) is 0 Å². The van der Waals surface area contributed by atoms with Crippen LogP contribution in [-0.2, 0) is 0 Å². The van der Waals surface area contributed by atoms with Crippen molar-refractivity contribution in [3.63, 3.8) is 0 Å². The quantitative estimate of drug-likeness (QED) is 0.168. The molecule has 10 rings (SSSR count). The fraction of sp³-hybridized carbons (Fsp3) is 0. The van der Waals surface area contributed by atoms with Gasteiger partial charge in [-0.05, 0) is 109 Å². The van der Waals surface area contributed by atoms with Crippen LogP contribution in [0.4, 0.5) is 5.69 Å². The number of para-hydroxylation sites is 1. The van der Waals surface area contributed by atoms with Crippen molar-refractivity contribution >= 4 is 49.0 Å². The maximum absolute atomic E-state index is 9.56. The van der Waals surface area contributed by atoms with Crippen molar-refractivity contribution in [1.29, 1.82) is 5.26 Å². The Morgan fingerprint density at radius 3 is 1.55 bits per heavy atom. The summed E-state index contributed by atoms with van der Waals surface area (Å²) in [5.41, 5.74) is 12.6. The zero-order valence-electron chi connectivity index (χ0n) is 29.5. The van der Waals surface area contributed by atoms with E-state index in [-0.39, 0.29) is 0 Å². The highest BCUT2D eigenvalue weighted by atomic mass is 15.0. The van der Waals surface area contributed by atoms with E-state index in [1.54, 1.807) is 12.4 Å². The predicted molar refractivity (Wildman–Crippen MR) is 224 cm³/mol. The van der Waals surface area contributed by atoms with Crippen molar-refractivity contribution in [1.82, 2.24) is 14.5 Å². The highest BCUT2D eigenvalue weighted by molar-refractivity contribution is 6.31. The van der Waals surface area contributed by atoms with Crippen molar-refractivity contribution < 1.29 is 0 Å². The first kappa shape index (κ1) is 31.8. The summed E-state index contributed by atoms with van der Waals surface area (Å²) in [5.74, 6) is 0. The largest absolute Gasteiger partial charge is 0.309 e. The lowest BCUT2D eigenvalue weighted by Crippen LogP contribution is -1.95. The van der Waals surface area contributed by atoms with Crippen LogP contribution < -0.4 is 0 Å². The second-order valence-corrected chi connectivity index (χ2v) is 13.7. The minimum atomic E-state index is 0.519. The van der Waals surface area contributed by atoms with Crippen LogP contribution >= 0.6 is 0 Å². The third-order valence-electron chi connectivity index (χ3n) is 10.5. The minimum absolute atomic E-state index is 0.519. The standard InChI is InChI=1S/C50H29N5/c1-52-39-24-38(30-54-31-39)34-12-10-14-36(23-34)46-26-48-50(44-20-8-6-18-42(44)46)49-43-19-7-5-17-41(43)45(25-47(49)55(48)40-15-3-2-4-16-40)35-13-9-11-33(22-35)37-21-32(27-51)28-53-29-37/h2-26,28-31H. The molecule has 0 aliphatic rings. The molecule has 0 radical (unpaired) electrons. The smallest absolute Gasteiger partial charge is 0.205 e. The normalized spacial score (nSPS) is 11.2. The van der Waals surface area contributed by atoms with Gasteiger partial charge in [-0.3, -0.25) is 9.97 Å². The first-order valence-electron chi connectivity index (χ1n) is 18.0. The van der Waals surface area contributed by atoms with E-state index in [1.807, 2.05) is 24.5 Å². The average molecular weight is 700 g/mol. The van der Waals surface area contributed by atoms with E-state index in [9.17, 15) is 5.26 Å². The van der Waals surface area contributed by atoms with Crippen LogP contribution in [0.1, 0.15) is 5.56 Å². The predicted octanol–water partition coefficient (Wildman–Crippen LogP) is 13.0. The Morgan fingerprint density at radius 1 is 0.473 bits per heavy atom. The van der Waals surface area contributed by atoms with Gasteiger partial charge in [0, 0.05) is 46.8 Å². The van der Waals surface area contributed by atoms with E-state index >= 15 is 0 Å². The van der Waals surface area contributed by atoms with Crippen LogP contribution in [0.25, 0.3) is 98.4 Å². The zero-order chi connectivity index (χ0) is 36.9. The molecule has 0 N–H and O–H groups in total. The van der Waals surface area contributed by atoms with Crippen molar-refractivity contribution in [3.05, 3.63) is 193 Å². The van der Waals surface area contributed by atoms with Crippen molar-refractivity contribution in [2.24, 2.45) is 0 Å². The molecule has 0 saturated heterocycles. The van der Waals surface area contributed by atoms with Crippen LogP contribution in [-0.4, -0.2) is 14.5 Å². The van der Waals surface area contributed by atoms with E-state index in [2.05, 4.69) is 165 Å². The molecule has 5 heteroatoms. The molecule has 7 aromatic carbocycles. The van der Waals surface area contributed by atoms with Crippen LogP contribution in [0.5, 0.6) is 0 Å². The van der Waals surface area contributed by atoms with Gasteiger partial charge < -0.3 is 4.57 Å². The van der Waals surface area contributed by atoms with Gasteiger partial charge in [0.2, 0.25) is 5.69 Å². The fourth-order valence-electron chi connectivity index (χ4n) is 8.10. The molecule has 0 fully saturated rings. The molecule has 0 spiro atoms. The Morgan fingerprint density at radius 2 is 0.982 bits per heavy atom. The third kappa shape index (κ3) is 5.31. The van der Waals surface area contributed by atoms with Gasteiger partial charge >= 0.3 is 0 Å². The average Bonchev–Trinajstić information content (AvgIpc) is 3.61. The summed E-state index contributed by atoms with van der Waals surface area (Å²) >= 11 is 0. The lowest BCUT2D eigenvalue weighted by Gasteiger charge is -2.13. The van der Waals surface area contributed by atoms with Gasteiger partial charge in [0.25, 0.3) is 0 Å². The monoisotopic (exact) mass is 699 g/mol. The van der Waals surface area contributed by atoms with Crippen molar-refractivity contribution in [2.75, 3.05) is 0 Å². The number of rotatable bonds is 5. The van der Waals surface area contributed by atoms with Crippen LogP contribution in [0.3, 0.4) is 0 Å². The first-order valence-corrected chi connectivity index (χ1v) is 18.0. The molecule has 0 atom stereocenters. The third-order valence-corrected chi connectivity index (χ3v) is 10.5. The number of aromatic nitrogens is 3. The second-order valence-electron chi connectivity index (χ2n) is 13.7. The molecular formula is C50H29N5. The molecule has 0 bridgehead atoms. The molecule has 0 aliphatic carbocycles. The molecular weight excluding hydrogens is 671 g/mol. The SMILES string of the molecule is [C-]#[N+]c1cncc(-c2cccc(-c3cc4c(c5ccccc35)c3c5ccccc5c(-c5cccc(-c6cncc(C#N)c6)c5)cc3n4-c3ccccc3)c2)c1. The maximum atomic E-state index is 9.56. The van der Waals surface area contributed by atoms with Gasteiger partial charge in [-0.2, -0.15) is 5.26 Å². The summed E-state index contributed by atoms with van der Waals surface area (Å²) in [6, 6.07) is 55.8. The summed E-state index contributed by atoms with van der Waals surface area (Å²) in [6.45, 7) is 7.53. The molecule has 3 aromatic heterocycles. The summed E-state index contributed by atoms with van der Waals surface area (Å²) in [5, 5.41) is 16.7. The van der Waals surface area contributed by atoms with Crippen molar-refractivity contribution in [3.8, 4) is 56.3 Å². The van der Waals surface area contributed by atoms with Gasteiger partial charge in [0.15, 0.2) is 0 Å². The molecule has 254 valence electrons. The number of nitriles is 1. The minimum Gasteiger partial charge on any atom is -0.309 e. The Bertz CT molecular complexity index is 3040. The Hall–Kier alpha value is -7.86. The van der Waals surface area contributed by atoms with E-state index in [1.165, 1.54) is 32.3 Å². The van der Waals surface area contributed by atoms with Gasteiger partial charge in [-0.1, -0.05) is 103 Å². The lowest BCUT2D eigenvalue weighted by molar-refractivity contribution is 1.18. The molecule has 55 heavy (non-hydrogen) atoms. The molecule has 0 unspecified atom stereocenters. The maximum Gasteiger partial charge on any atom is 0.205 e. The number of benzene rings is 7. The Kier molecular flexibility index (Phi) is 7.51. The van der Waals surface area contributed by atoms with Crippen LogP contribution in [0, 0.1) is 17.9 Å². The molecule has 5 nitrogen and oxygen atoms in total. The summed E-state index contributed by atoms with van der Waals surface area (Å²) in [6.07, 6.45) is 6.83. The number of nitrogens with zero attached hydrogens (tertiary/aromatic N) is 5. The number of pyridine rings is 2. The Labute approximate surface area is 317 Å². The molecule has 0 amide bonds. The number of fused-ring (bicyclic) bond motifs is 7. The van der Waals surface area contributed by atoms with E-state index in [0.717, 1.165) is 61.2 Å². The van der Waals surface area contributed by atoms with Gasteiger partial charge in [0.1, 0.15) is 6.07 Å². The second kappa shape index (κ2) is 13.0. The summed E-state index contributed by atoms with van der Waals surface area (Å²) in [7, 11) is 0. The zero-order valence-corrected chi connectivity index (χ0v) is 29.5. The van der Waals surface area contributed by atoms with E-state index < -0.39 is 0 Å². The number of hydrogen-bond donors (Lipinski definition) is 0. The van der Waals surface area contributed by atoms with Crippen molar-refractivity contribution in [2.45, 2.75) is 0 Å². The lowest BCUT2D eigenvalue weighted by atomic mass is 9.90. The van der Waals surface area contributed by atoms with E-state index in [0.29, 0.717) is 11.3 Å². The molecule has 10 aromatic rings. The fourth-order valence-corrected chi connectivity index (χ4v) is 8.10. The van der Waals surface area contributed by atoms with Gasteiger partial charge in [-0.25, -0.2) is 4.85 Å². The van der Waals surface area contributed by atoms with Crippen LogP contribution in [0.15, 0.2) is 176 Å². The molecule has 0 aliphatic heterocycles. The first-order chi connectivity index (χ1) is 27.2. The highest BCUT2D eigenvalue weighted by Crippen LogP contribution is 2.46. The topological polar surface area (TPSA) is 58.9 Å².